The van der Waals surface area contributed by atoms with Crippen LogP contribution in [0, 0.1) is 0 Å². The third-order valence-electron chi connectivity index (χ3n) is 3.13. The molecule has 1 aromatic heterocycles. The predicted molar refractivity (Wildman–Crippen MR) is 76.3 cm³/mol. The van der Waals surface area contributed by atoms with E-state index in [1.165, 1.54) is 6.07 Å². The Hall–Kier alpha value is -2.95. The van der Waals surface area contributed by atoms with Gasteiger partial charge in [-0.1, -0.05) is 30.3 Å². The van der Waals surface area contributed by atoms with E-state index in [2.05, 4.69) is 10.2 Å². The number of aromatic carboxylic acids is 1. The Kier molecular flexibility index (Phi) is 2.80. The molecule has 98 valence electrons. The summed E-state index contributed by atoms with van der Waals surface area (Å²) in [5.41, 5.74) is 7.33. The number of fused-ring (bicyclic) bond motifs is 1. The van der Waals surface area contributed by atoms with Gasteiger partial charge in [-0.3, -0.25) is 0 Å². The van der Waals surface area contributed by atoms with Crippen molar-refractivity contribution in [3.05, 3.63) is 54.2 Å². The molecule has 0 atom stereocenters. The summed E-state index contributed by atoms with van der Waals surface area (Å²) in [6.07, 6.45) is 1.64. The minimum absolute atomic E-state index is 0.121. The van der Waals surface area contributed by atoms with Crippen LogP contribution >= 0.6 is 0 Å². The number of aromatic nitrogens is 2. The first-order valence-corrected chi connectivity index (χ1v) is 6.01. The third kappa shape index (κ3) is 1.85. The highest BCUT2D eigenvalue weighted by molar-refractivity contribution is 6.05. The summed E-state index contributed by atoms with van der Waals surface area (Å²) in [6.45, 7) is 0. The van der Waals surface area contributed by atoms with Crippen molar-refractivity contribution in [1.82, 2.24) is 10.2 Å². The van der Waals surface area contributed by atoms with Gasteiger partial charge in [-0.05, 0) is 12.1 Å². The van der Waals surface area contributed by atoms with Crippen molar-refractivity contribution >= 4 is 22.4 Å². The normalized spacial score (nSPS) is 10.6. The fraction of sp³-hybridized carbons (Fsp3) is 0. The zero-order valence-corrected chi connectivity index (χ0v) is 10.4. The molecule has 3 rings (SSSR count). The fourth-order valence-electron chi connectivity index (χ4n) is 2.23. The van der Waals surface area contributed by atoms with E-state index in [9.17, 15) is 9.90 Å². The Balaban J connectivity index is 2.40. The number of carboxylic acids is 1. The summed E-state index contributed by atoms with van der Waals surface area (Å²) in [4.78, 5) is 11.4. The minimum atomic E-state index is -1.04. The molecule has 0 spiro atoms. The summed E-state index contributed by atoms with van der Waals surface area (Å²) in [5.74, 6) is -1.04. The van der Waals surface area contributed by atoms with Crippen molar-refractivity contribution in [3.63, 3.8) is 0 Å². The van der Waals surface area contributed by atoms with Gasteiger partial charge in [0.15, 0.2) is 0 Å². The monoisotopic (exact) mass is 265 g/mol. The highest BCUT2D eigenvalue weighted by Gasteiger charge is 2.17. The lowest BCUT2D eigenvalue weighted by molar-refractivity contribution is 0.0697. The Morgan fingerprint density at radius 3 is 2.70 bits per heavy atom. The van der Waals surface area contributed by atoms with Crippen LogP contribution in [0.2, 0.25) is 0 Å². The summed E-state index contributed by atoms with van der Waals surface area (Å²) in [7, 11) is 0. The summed E-state index contributed by atoms with van der Waals surface area (Å²) in [5, 5.41) is 19.0. The van der Waals surface area contributed by atoms with E-state index < -0.39 is 5.97 Å². The van der Waals surface area contributed by atoms with E-state index in [1.807, 2.05) is 24.3 Å². The van der Waals surface area contributed by atoms with Crippen LogP contribution in [0.3, 0.4) is 0 Å². The van der Waals surface area contributed by atoms with E-state index in [4.69, 9.17) is 5.73 Å². The number of rotatable bonds is 2. The summed E-state index contributed by atoms with van der Waals surface area (Å²) in [6, 6.07) is 12.3. The standard InChI is InChI=1S/C15H11N3O2/c16-12-7-3-6-11(15(19)20)13(12)14-10-5-2-1-4-9(10)8-17-18-14/h1-8H,16H2,(H,19,20). The number of hydrogen-bond acceptors (Lipinski definition) is 4. The molecule has 5 nitrogen and oxygen atoms in total. The van der Waals surface area contributed by atoms with Crippen molar-refractivity contribution in [2.24, 2.45) is 0 Å². The van der Waals surface area contributed by atoms with Crippen LogP contribution < -0.4 is 5.73 Å². The van der Waals surface area contributed by atoms with Gasteiger partial charge in [-0.15, -0.1) is 5.10 Å². The molecule has 20 heavy (non-hydrogen) atoms. The van der Waals surface area contributed by atoms with Crippen molar-refractivity contribution in [2.45, 2.75) is 0 Å². The van der Waals surface area contributed by atoms with Gasteiger partial charge in [0, 0.05) is 22.0 Å². The number of nitrogen functional groups attached to an aromatic ring is 1. The van der Waals surface area contributed by atoms with Gasteiger partial charge < -0.3 is 10.8 Å². The van der Waals surface area contributed by atoms with Crippen molar-refractivity contribution in [2.75, 3.05) is 5.73 Å². The van der Waals surface area contributed by atoms with Gasteiger partial charge in [-0.2, -0.15) is 5.10 Å². The molecule has 0 aliphatic heterocycles. The molecular weight excluding hydrogens is 254 g/mol. The average molecular weight is 265 g/mol. The number of carbonyl (C=O) groups is 1. The number of benzene rings is 2. The quantitative estimate of drug-likeness (QED) is 0.695. The van der Waals surface area contributed by atoms with Crippen LogP contribution in [0.1, 0.15) is 10.4 Å². The van der Waals surface area contributed by atoms with E-state index >= 15 is 0 Å². The van der Waals surface area contributed by atoms with E-state index in [1.54, 1.807) is 18.3 Å². The van der Waals surface area contributed by atoms with Crippen LogP contribution in [0.25, 0.3) is 22.0 Å². The maximum absolute atomic E-state index is 11.4. The molecule has 2 aromatic carbocycles. The highest BCUT2D eigenvalue weighted by atomic mass is 16.4. The van der Waals surface area contributed by atoms with Gasteiger partial charge in [0.25, 0.3) is 0 Å². The van der Waals surface area contributed by atoms with Crippen LogP contribution in [0.4, 0.5) is 5.69 Å². The lowest BCUT2D eigenvalue weighted by Crippen LogP contribution is -2.04. The average Bonchev–Trinajstić information content (AvgIpc) is 2.46. The molecule has 0 unspecified atom stereocenters. The van der Waals surface area contributed by atoms with Gasteiger partial charge in [0.1, 0.15) is 5.69 Å². The second-order valence-electron chi connectivity index (χ2n) is 4.36. The molecule has 1 heterocycles. The number of anilines is 1. The smallest absolute Gasteiger partial charge is 0.336 e. The fourth-order valence-corrected chi connectivity index (χ4v) is 2.23. The lowest BCUT2D eigenvalue weighted by Gasteiger charge is -2.10. The van der Waals surface area contributed by atoms with Crippen molar-refractivity contribution in [3.8, 4) is 11.3 Å². The number of hydrogen-bond donors (Lipinski definition) is 2. The molecule has 0 saturated heterocycles. The minimum Gasteiger partial charge on any atom is -0.478 e. The molecular formula is C15H11N3O2. The summed E-state index contributed by atoms with van der Waals surface area (Å²) < 4.78 is 0. The van der Waals surface area contributed by atoms with Crippen LogP contribution in [0.15, 0.2) is 48.7 Å². The predicted octanol–water partition coefficient (Wildman–Crippen LogP) is 2.58. The first-order chi connectivity index (χ1) is 9.68. The Bertz CT molecular complexity index is 810. The second kappa shape index (κ2) is 4.62. The molecule has 0 amide bonds. The second-order valence-corrected chi connectivity index (χ2v) is 4.36. The maximum Gasteiger partial charge on any atom is 0.336 e. The zero-order valence-electron chi connectivity index (χ0n) is 10.4. The number of nitrogens with two attached hydrogens (primary N) is 1. The Morgan fingerprint density at radius 1 is 1.10 bits per heavy atom. The molecule has 3 N–H and O–H groups in total. The zero-order chi connectivity index (χ0) is 14.1. The molecule has 0 aliphatic rings. The van der Waals surface area contributed by atoms with Crippen LogP contribution in [0.5, 0.6) is 0 Å². The first-order valence-electron chi connectivity index (χ1n) is 6.01. The number of nitrogens with zero attached hydrogens (tertiary/aromatic N) is 2. The van der Waals surface area contributed by atoms with Crippen LogP contribution in [-0.2, 0) is 0 Å². The molecule has 0 fully saturated rings. The largest absolute Gasteiger partial charge is 0.478 e. The molecule has 0 aliphatic carbocycles. The molecule has 0 saturated carbocycles. The topological polar surface area (TPSA) is 89.1 Å². The van der Waals surface area contributed by atoms with Crippen LogP contribution in [-0.4, -0.2) is 21.3 Å². The van der Waals surface area contributed by atoms with Gasteiger partial charge in [0.05, 0.1) is 11.8 Å². The van der Waals surface area contributed by atoms with E-state index in [0.29, 0.717) is 16.9 Å². The molecule has 5 heteroatoms. The highest BCUT2D eigenvalue weighted by Crippen LogP contribution is 2.32. The van der Waals surface area contributed by atoms with Gasteiger partial charge in [-0.25, -0.2) is 4.79 Å². The maximum atomic E-state index is 11.4. The first kappa shape index (κ1) is 12.1. The molecule has 0 radical (unpaired) electrons. The van der Waals surface area contributed by atoms with Gasteiger partial charge >= 0.3 is 5.97 Å². The van der Waals surface area contributed by atoms with Crippen molar-refractivity contribution in [1.29, 1.82) is 0 Å². The lowest BCUT2D eigenvalue weighted by atomic mass is 9.98. The third-order valence-corrected chi connectivity index (χ3v) is 3.13. The SMILES string of the molecule is Nc1cccc(C(=O)O)c1-c1nncc2ccccc12. The van der Waals surface area contributed by atoms with Crippen molar-refractivity contribution < 1.29 is 9.90 Å². The Labute approximate surface area is 114 Å². The molecule has 3 aromatic rings. The number of carboxylic acid groups (broad SMARTS) is 1. The summed E-state index contributed by atoms with van der Waals surface area (Å²) >= 11 is 0. The van der Waals surface area contributed by atoms with Gasteiger partial charge in [0.2, 0.25) is 0 Å². The molecule has 0 bridgehead atoms. The van der Waals surface area contributed by atoms with E-state index in [0.717, 1.165) is 10.8 Å². The van der Waals surface area contributed by atoms with E-state index in [-0.39, 0.29) is 5.56 Å². The Morgan fingerprint density at radius 2 is 1.90 bits per heavy atom.